The van der Waals surface area contributed by atoms with E-state index in [4.69, 9.17) is 4.42 Å². The van der Waals surface area contributed by atoms with Crippen LogP contribution in [0, 0.1) is 24.0 Å². The van der Waals surface area contributed by atoms with Gasteiger partial charge in [-0.3, -0.25) is 14.9 Å². The molecule has 0 atom stereocenters. The van der Waals surface area contributed by atoms with Crippen LogP contribution in [-0.2, 0) is 19.4 Å². The van der Waals surface area contributed by atoms with Crippen molar-refractivity contribution in [3.8, 4) is 11.3 Å². The van der Waals surface area contributed by atoms with Gasteiger partial charge in [0.1, 0.15) is 16.5 Å². The number of nitrogens with zero attached hydrogens (tertiary/aromatic N) is 2. The van der Waals surface area contributed by atoms with Crippen LogP contribution in [0.4, 0.5) is 10.7 Å². The molecule has 1 aliphatic carbocycles. The fraction of sp³-hybridized carbons (Fsp3) is 0.241. The molecule has 0 aliphatic heterocycles. The number of hydrogen-bond acceptors (Lipinski definition) is 6. The van der Waals surface area contributed by atoms with E-state index in [1.54, 1.807) is 36.6 Å². The molecule has 37 heavy (non-hydrogen) atoms. The second kappa shape index (κ2) is 10.5. The Morgan fingerprint density at radius 2 is 1.92 bits per heavy atom. The zero-order valence-corrected chi connectivity index (χ0v) is 21.6. The number of hydrogen-bond donors (Lipinski definition) is 1. The zero-order chi connectivity index (χ0) is 25.9. The third kappa shape index (κ3) is 5.24. The molecule has 4 aromatic rings. The van der Waals surface area contributed by atoms with Gasteiger partial charge in [-0.15, -0.1) is 11.3 Å². The Hall–Kier alpha value is -4.04. The second-order valence-electron chi connectivity index (χ2n) is 9.21. The fourth-order valence-corrected chi connectivity index (χ4v) is 5.85. The third-order valence-corrected chi connectivity index (χ3v) is 7.93. The Bertz CT molecular complexity index is 1500. The van der Waals surface area contributed by atoms with Crippen molar-refractivity contribution in [3.05, 3.63) is 103 Å². The summed E-state index contributed by atoms with van der Waals surface area (Å²) in [5, 5.41) is 15.2. The van der Waals surface area contributed by atoms with Gasteiger partial charge in [-0.25, -0.2) is 4.99 Å². The van der Waals surface area contributed by atoms with Crippen molar-refractivity contribution in [2.24, 2.45) is 4.99 Å². The van der Waals surface area contributed by atoms with Crippen LogP contribution in [0.3, 0.4) is 0 Å². The number of amides is 1. The molecule has 0 bridgehead atoms. The highest BCUT2D eigenvalue weighted by Crippen LogP contribution is 2.40. The van der Waals surface area contributed by atoms with Crippen LogP contribution in [0.25, 0.3) is 11.3 Å². The smallest absolute Gasteiger partial charge is 0.273 e. The van der Waals surface area contributed by atoms with Gasteiger partial charge in [0.2, 0.25) is 0 Å². The lowest BCUT2D eigenvalue weighted by molar-refractivity contribution is -0.385. The molecular formula is C29H27N3O4S. The first-order valence-electron chi connectivity index (χ1n) is 12.3. The van der Waals surface area contributed by atoms with Crippen molar-refractivity contribution in [1.82, 2.24) is 5.32 Å². The minimum absolute atomic E-state index is 0.0666. The lowest BCUT2D eigenvalue weighted by Gasteiger charge is -2.12. The third-order valence-electron chi connectivity index (χ3n) is 6.73. The summed E-state index contributed by atoms with van der Waals surface area (Å²) in [5.74, 6) is 0.926. The Morgan fingerprint density at radius 3 is 2.70 bits per heavy atom. The molecule has 7 nitrogen and oxygen atoms in total. The highest BCUT2D eigenvalue weighted by atomic mass is 32.1. The molecule has 0 fully saturated rings. The van der Waals surface area contributed by atoms with E-state index in [2.05, 4.69) is 10.3 Å². The molecule has 188 valence electrons. The number of aryl methyl sites for hydroxylation is 2. The minimum Gasteiger partial charge on any atom is -0.455 e. The van der Waals surface area contributed by atoms with E-state index in [9.17, 15) is 14.9 Å². The van der Waals surface area contributed by atoms with Crippen LogP contribution < -0.4 is 5.32 Å². The molecule has 2 heterocycles. The van der Waals surface area contributed by atoms with Crippen LogP contribution in [0.5, 0.6) is 0 Å². The molecule has 1 aliphatic rings. The summed E-state index contributed by atoms with van der Waals surface area (Å²) < 4.78 is 5.96. The Balaban J connectivity index is 1.41. The predicted octanol–water partition coefficient (Wildman–Crippen LogP) is 7.09. The maximum atomic E-state index is 13.3. The Kier molecular flexibility index (Phi) is 7.01. The van der Waals surface area contributed by atoms with Gasteiger partial charge in [0, 0.05) is 28.6 Å². The molecule has 1 N–H and O–H groups in total. The molecule has 0 radical (unpaired) electrons. The number of thiophene rings is 1. The minimum atomic E-state index is -0.375. The first-order valence-corrected chi connectivity index (χ1v) is 13.1. The van der Waals surface area contributed by atoms with Crippen LogP contribution in [0.1, 0.15) is 56.1 Å². The van der Waals surface area contributed by atoms with Crippen LogP contribution in [0.2, 0.25) is 0 Å². The van der Waals surface area contributed by atoms with Gasteiger partial charge in [0.05, 0.1) is 16.7 Å². The summed E-state index contributed by atoms with van der Waals surface area (Å²) in [7, 11) is 0. The number of carbonyl (C=O) groups excluding carboxylic acids is 1. The lowest BCUT2D eigenvalue weighted by Crippen LogP contribution is -2.24. The van der Waals surface area contributed by atoms with Crippen molar-refractivity contribution in [3.63, 3.8) is 0 Å². The molecule has 0 saturated heterocycles. The number of nitro benzene ring substituents is 1. The van der Waals surface area contributed by atoms with Crippen LogP contribution in [0.15, 0.2) is 64.0 Å². The van der Waals surface area contributed by atoms with Gasteiger partial charge in [0.15, 0.2) is 0 Å². The first-order chi connectivity index (χ1) is 17.9. The number of fused-ring (bicyclic) bond motifs is 1. The number of benzene rings is 2. The van der Waals surface area contributed by atoms with Crippen LogP contribution >= 0.6 is 11.3 Å². The summed E-state index contributed by atoms with van der Waals surface area (Å²) in [5.41, 5.74) is 4.98. The van der Waals surface area contributed by atoms with Crippen LogP contribution in [-0.4, -0.2) is 17.0 Å². The SMILES string of the molecule is Cc1cc(-c2ccc(C=Nc3sc4c(c3C(=O)NCc3ccccc3)CCCC4)o2)cc([N+](=O)[O-])c1C. The van der Waals surface area contributed by atoms with E-state index in [0.29, 0.717) is 39.8 Å². The summed E-state index contributed by atoms with van der Waals surface area (Å²) >= 11 is 1.57. The number of furan rings is 1. The highest BCUT2D eigenvalue weighted by molar-refractivity contribution is 7.16. The van der Waals surface area contributed by atoms with Gasteiger partial charge in [0.25, 0.3) is 11.6 Å². The standard InChI is InChI=1S/C29H27N3O4S/c1-18-14-21(15-24(19(18)2)32(34)35)25-13-12-22(36-25)17-31-29-27(23-10-6-7-11-26(23)37-29)28(33)30-16-20-8-4-3-5-9-20/h3-5,8-9,12-15,17H,6-7,10-11,16H2,1-2H3,(H,30,33). The van der Waals surface area contributed by atoms with Crippen molar-refractivity contribution < 1.29 is 14.1 Å². The van der Waals surface area contributed by atoms with E-state index in [1.165, 1.54) is 10.9 Å². The average molecular weight is 514 g/mol. The predicted molar refractivity (Wildman–Crippen MR) is 146 cm³/mol. The quantitative estimate of drug-likeness (QED) is 0.162. The van der Waals surface area contributed by atoms with Crippen molar-refractivity contribution >= 4 is 34.1 Å². The van der Waals surface area contributed by atoms with Crippen molar-refractivity contribution in [2.45, 2.75) is 46.1 Å². The maximum absolute atomic E-state index is 13.3. The first kappa shape index (κ1) is 24.6. The van der Waals surface area contributed by atoms with Crippen molar-refractivity contribution in [1.29, 1.82) is 0 Å². The highest BCUT2D eigenvalue weighted by Gasteiger charge is 2.25. The zero-order valence-electron chi connectivity index (χ0n) is 20.7. The Morgan fingerprint density at radius 1 is 1.14 bits per heavy atom. The molecule has 2 aromatic heterocycles. The van der Waals surface area contributed by atoms with Gasteiger partial charge < -0.3 is 9.73 Å². The number of aliphatic imine (C=N–C) groups is 1. The number of rotatable bonds is 7. The van der Waals surface area contributed by atoms with Gasteiger partial charge in [-0.05, 0) is 74.4 Å². The fourth-order valence-electron chi connectivity index (χ4n) is 4.62. The van der Waals surface area contributed by atoms with Gasteiger partial charge in [-0.2, -0.15) is 0 Å². The van der Waals surface area contributed by atoms with Gasteiger partial charge in [-0.1, -0.05) is 30.3 Å². The molecular weight excluding hydrogens is 486 g/mol. The topological polar surface area (TPSA) is 97.7 Å². The summed E-state index contributed by atoms with van der Waals surface area (Å²) in [4.78, 5) is 30.2. The number of carbonyl (C=O) groups is 1. The van der Waals surface area contributed by atoms with E-state index in [1.807, 2.05) is 43.3 Å². The molecule has 5 rings (SSSR count). The Labute approximate surface area is 219 Å². The molecule has 1 amide bonds. The van der Waals surface area contributed by atoms with E-state index in [0.717, 1.165) is 42.4 Å². The maximum Gasteiger partial charge on any atom is 0.273 e. The summed E-state index contributed by atoms with van der Waals surface area (Å²) in [6, 6.07) is 16.8. The summed E-state index contributed by atoms with van der Waals surface area (Å²) in [6.45, 7) is 4.04. The monoisotopic (exact) mass is 513 g/mol. The molecule has 0 unspecified atom stereocenters. The molecule has 0 saturated carbocycles. The second-order valence-corrected chi connectivity index (χ2v) is 10.3. The number of nitrogens with one attached hydrogen (secondary N) is 1. The molecule has 8 heteroatoms. The van der Waals surface area contributed by atoms with E-state index in [-0.39, 0.29) is 16.5 Å². The number of nitro groups is 1. The normalized spacial score (nSPS) is 13.0. The van der Waals surface area contributed by atoms with Crippen molar-refractivity contribution in [2.75, 3.05) is 0 Å². The lowest BCUT2D eigenvalue weighted by atomic mass is 9.95. The van der Waals surface area contributed by atoms with E-state index >= 15 is 0 Å². The summed E-state index contributed by atoms with van der Waals surface area (Å²) in [6.07, 6.45) is 5.64. The van der Waals surface area contributed by atoms with Gasteiger partial charge >= 0.3 is 0 Å². The van der Waals surface area contributed by atoms with E-state index < -0.39 is 0 Å². The average Bonchev–Trinajstić information content (AvgIpc) is 3.52. The largest absolute Gasteiger partial charge is 0.455 e. The molecule has 2 aromatic carbocycles. The molecule has 0 spiro atoms.